The number of hydrogen-bond acceptors (Lipinski definition) is 4. The first-order valence-corrected chi connectivity index (χ1v) is 8.87. The Hall–Kier alpha value is -2.93. The first-order chi connectivity index (χ1) is 12.7. The SMILES string of the molecule is O=C1Nc2cccc(n2)-c2nccn2C/C=C\COc2ccc(Br)cc21. The van der Waals surface area contributed by atoms with Crippen molar-refractivity contribution < 1.29 is 9.53 Å². The van der Waals surface area contributed by atoms with Gasteiger partial charge in [-0.3, -0.25) is 4.79 Å². The van der Waals surface area contributed by atoms with E-state index < -0.39 is 0 Å². The number of ether oxygens (including phenoxy) is 1. The summed E-state index contributed by atoms with van der Waals surface area (Å²) in [6.07, 6.45) is 7.55. The van der Waals surface area contributed by atoms with Gasteiger partial charge in [0.05, 0.1) is 5.56 Å². The summed E-state index contributed by atoms with van der Waals surface area (Å²) in [4.78, 5) is 21.6. The number of aromatic nitrogens is 3. The van der Waals surface area contributed by atoms with Gasteiger partial charge >= 0.3 is 0 Å². The van der Waals surface area contributed by atoms with Crippen LogP contribution in [0, 0.1) is 0 Å². The molecule has 3 heterocycles. The lowest BCUT2D eigenvalue weighted by Gasteiger charge is -2.12. The molecule has 0 radical (unpaired) electrons. The number of anilines is 1. The number of pyridine rings is 1. The van der Waals surface area contributed by atoms with E-state index in [0.29, 0.717) is 36.0 Å². The molecular formula is C19H15BrN4O2. The Balaban J connectivity index is 1.78. The minimum absolute atomic E-state index is 0.282. The van der Waals surface area contributed by atoms with Crippen LogP contribution in [-0.4, -0.2) is 27.0 Å². The summed E-state index contributed by atoms with van der Waals surface area (Å²) in [7, 11) is 0. The molecule has 0 atom stereocenters. The average molecular weight is 411 g/mol. The Morgan fingerprint density at radius 2 is 2.12 bits per heavy atom. The molecule has 1 amide bonds. The molecule has 4 rings (SSSR count). The fraction of sp³-hybridized carbons (Fsp3) is 0.105. The monoisotopic (exact) mass is 410 g/mol. The third-order valence-corrected chi connectivity index (χ3v) is 4.42. The zero-order chi connectivity index (χ0) is 17.9. The molecule has 1 aliphatic rings. The Morgan fingerprint density at radius 3 is 3.04 bits per heavy atom. The second kappa shape index (κ2) is 7.13. The van der Waals surface area contributed by atoms with Crippen molar-refractivity contribution in [3.8, 4) is 17.3 Å². The van der Waals surface area contributed by atoms with Gasteiger partial charge in [0, 0.05) is 23.4 Å². The van der Waals surface area contributed by atoms with Gasteiger partial charge in [-0.15, -0.1) is 0 Å². The number of rotatable bonds is 0. The molecule has 0 saturated carbocycles. The van der Waals surface area contributed by atoms with E-state index in [1.807, 2.05) is 41.1 Å². The van der Waals surface area contributed by atoms with Crippen LogP contribution in [0.15, 0.2) is 65.4 Å². The van der Waals surface area contributed by atoms with Crippen LogP contribution in [0.25, 0.3) is 11.5 Å². The van der Waals surface area contributed by atoms with Crippen LogP contribution in [0.3, 0.4) is 0 Å². The molecular weight excluding hydrogens is 396 g/mol. The molecule has 1 aromatic carbocycles. The maximum atomic E-state index is 12.7. The van der Waals surface area contributed by atoms with Crippen LogP contribution in [0.1, 0.15) is 10.4 Å². The minimum Gasteiger partial charge on any atom is -0.489 e. The molecule has 0 spiro atoms. The molecule has 0 unspecified atom stereocenters. The van der Waals surface area contributed by atoms with Gasteiger partial charge in [-0.1, -0.05) is 28.1 Å². The number of imidazole rings is 1. The van der Waals surface area contributed by atoms with Crippen LogP contribution in [0.2, 0.25) is 0 Å². The Morgan fingerprint density at radius 1 is 1.19 bits per heavy atom. The van der Waals surface area contributed by atoms with Crippen LogP contribution < -0.4 is 10.1 Å². The van der Waals surface area contributed by atoms with E-state index in [4.69, 9.17) is 4.74 Å². The molecule has 6 nitrogen and oxygen atoms in total. The number of carbonyl (C=O) groups is 1. The van der Waals surface area contributed by atoms with Crippen molar-refractivity contribution in [3.63, 3.8) is 0 Å². The third kappa shape index (κ3) is 3.39. The van der Waals surface area contributed by atoms with Gasteiger partial charge in [0.15, 0.2) is 5.82 Å². The van der Waals surface area contributed by atoms with Gasteiger partial charge < -0.3 is 14.6 Å². The topological polar surface area (TPSA) is 69.0 Å². The van der Waals surface area contributed by atoms with Gasteiger partial charge in [-0.05, 0) is 36.4 Å². The quantitative estimate of drug-likeness (QED) is 0.570. The first-order valence-electron chi connectivity index (χ1n) is 8.08. The Bertz CT molecular complexity index is 997. The lowest BCUT2D eigenvalue weighted by atomic mass is 10.2. The summed E-state index contributed by atoms with van der Waals surface area (Å²) in [5.74, 6) is 1.44. The second-order valence-corrected chi connectivity index (χ2v) is 6.60. The molecule has 0 aliphatic carbocycles. The molecule has 0 saturated heterocycles. The number of amides is 1. The molecule has 0 fully saturated rings. The van der Waals surface area contributed by atoms with E-state index in [9.17, 15) is 4.79 Å². The van der Waals surface area contributed by atoms with Gasteiger partial charge in [-0.2, -0.15) is 0 Å². The summed E-state index contributed by atoms with van der Waals surface area (Å²) in [5.41, 5.74) is 1.14. The molecule has 7 heteroatoms. The highest BCUT2D eigenvalue weighted by Crippen LogP contribution is 2.25. The van der Waals surface area contributed by atoms with Crippen LogP contribution >= 0.6 is 15.9 Å². The highest BCUT2D eigenvalue weighted by Gasteiger charge is 2.15. The molecule has 2 bridgehead atoms. The van der Waals surface area contributed by atoms with Crippen molar-refractivity contribution in [2.45, 2.75) is 6.54 Å². The zero-order valence-corrected chi connectivity index (χ0v) is 15.3. The minimum atomic E-state index is -0.282. The number of benzene rings is 1. The predicted molar refractivity (Wildman–Crippen MR) is 102 cm³/mol. The summed E-state index contributed by atoms with van der Waals surface area (Å²) >= 11 is 3.40. The number of nitrogens with zero attached hydrogens (tertiary/aromatic N) is 3. The number of hydrogen-bond donors (Lipinski definition) is 1. The maximum Gasteiger partial charge on any atom is 0.260 e. The van der Waals surface area contributed by atoms with Gasteiger partial charge in [0.25, 0.3) is 5.91 Å². The number of allylic oxidation sites excluding steroid dienone is 1. The van der Waals surface area contributed by atoms with Gasteiger partial charge in [-0.25, -0.2) is 9.97 Å². The van der Waals surface area contributed by atoms with Crippen molar-refractivity contribution in [1.82, 2.24) is 14.5 Å². The number of nitrogens with one attached hydrogen (secondary N) is 1. The molecule has 3 aromatic rings. The van der Waals surface area contributed by atoms with E-state index in [-0.39, 0.29) is 5.91 Å². The molecule has 2 aromatic heterocycles. The first kappa shape index (κ1) is 16.5. The van der Waals surface area contributed by atoms with E-state index in [1.54, 1.807) is 24.4 Å². The van der Waals surface area contributed by atoms with E-state index in [1.165, 1.54) is 0 Å². The van der Waals surface area contributed by atoms with Crippen LogP contribution in [0.4, 0.5) is 5.82 Å². The second-order valence-electron chi connectivity index (χ2n) is 5.69. The number of fused-ring (bicyclic) bond motifs is 5. The molecule has 1 aliphatic heterocycles. The lowest BCUT2D eigenvalue weighted by Crippen LogP contribution is -2.15. The molecule has 1 N–H and O–H groups in total. The smallest absolute Gasteiger partial charge is 0.260 e. The maximum absolute atomic E-state index is 12.7. The summed E-state index contributed by atoms with van der Waals surface area (Å²) < 4.78 is 8.56. The van der Waals surface area contributed by atoms with Crippen molar-refractivity contribution in [3.05, 3.63) is 71.0 Å². The van der Waals surface area contributed by atoms with Crippen molar-refractivity contribution in [2.75, 3.05) is 11.9 Å². The highest BCUT2D eigenvalue weighted by atomic mass is 79.9. The van der Waals surface area contributed by atoms with Crippen molar-refractivity contribution >= 4 is 27.7 Å². The van der Waals surface area contributed by atoms with E-state index >= 15 is 0 Å². The summed E-state index contributed by atoms with van der Waals surface area (Å²) in [6, 6.07) is 10.8. The van der Waals surface area contributed by atoms with Gasteiger partial charge in [0.2, 0.25) is 0 Å². The Labute approximate surface area is 158 Å². The van der Waals surface area contributed by atoms with E-state index in [2.05, 4.69) is 31.2 Å². The lowest BCUT2D eigenvalue weighted by molar-refractivity contribution is 0.102. The van der Waals surface area contributed by atoms with Gasteiger partial charge in [0.1, 0.15) is 23.9 Å². The van der Waals surface area contributed by atoms with Crippen LogP contribution in [0.5, 0.6) is 5.75 Å². The summed E-state index contributed by atoms with van der Waals surface area (Å²) in [6.45, 7) is 1.03. The average Bonchev–Trinajstić information content (AvgIpc) is 3.10. The number of halogens is 1. The Kier molecular flexibility index (Phi) is 4.53. The normalized spacial score (nSPS) is 15.0. The van der Waals surface area contributed by atoms with Crippen molar-refractivity contribution in [2.24, 2.45) is 0 Å². The molecule has 130 valence electrons. The fourth-order valence-corrected chi connectivity index (χ4v) is 3.06. The zero-order valence-electron chi connectivity index (χ0n) is 13.7. The largest absolute Gasteiger partial charge is 0.489 e. The highest BCUT2D eigenvalue weighted by molar-refractivity contribution is 9.10. The van der Waals surface area contributed by atoms with E-state index in [0.717, 1.165) is 10.3 Å². The number of carbonyl (C=O) groups excluding carboxylic acids is 1. The standard InChI is InChI=1S/C19H15BrN4O2/c20-13-6-7-16-14(12-13)19(25)23-17-5-3-4-15(22-17)18-21-8-10-24(18)9-1-2-11-26-16/h1-8,10,12H,9,11H2,(H,22,23,25)/b2-1-. The fourth-order valence-electron chi connectivity index (χ4n) is 2.70. The predicted octanol–water partition coefficient (Wildman–Crippen LogP) is 3.91. The molecule has 26 heavy (non-hydrogen) atoms. The summed E-state index contributed by atoms with van der Waals surface area (Å²) in [5, 5.41) is 2.84. The third-order valence-electron chi connectivity index (χ3n) is 3.93. The van der Waals surface area contributed by atoms with Crippen molar-refractivity contribution in [1.29, 1.82) is 0 Å². The van der Waals surface area contributed by atoms with Crippen LogP contribution in [-0.2, 0) is 6.54 Å².